The number of thioether (sulfide) groups is 1. The first-order valence-corrected chi connectivity index (χ1v) is 8.44. The molecule has 0 unspecified atom stereocenters. The van der Waals surface area contributed by atoms with Gasteiger partial charge in [-0.1, -0.05) is 28.9 Å². The molecule has 0 N–H and O–H groups in total. The van der Waals surface area contributed by atoms with Gasteiger partial charge in [0.05, 0.1) is 5.56 Å². The zero-order valence-corrected chi connectivity index (χ0v) is 14.0. The molecule has 0 bridgehead atoms. The number of carbonyl (C=O) groups excluding carboxylic acids is 1. The van der Waals surface area contributed by atoms with E-state index < -0.39 is 28.8 Å². The number of benzene rings is 2. The van der Waals surface area contributed by atoms with Crippen LogP contribution in [0.3, 0.4) is 0 Å². The summed E-state index contributed by atoms with van der Waals surface area (Å²) in [5, 5.41) is 0. The number of rotatable bonds is 5. The molecular weight excluding hydrogens is 377 g/mol. The van der Waals surface area contributed by atoms with Gasteiger partial charge in [-0.15, -0.1) is 0 Å². The molecule has 0 radical (unpaired) electrons. The van der Waals surface area contributed by atoms with Crippen LogP contribution in [0.1, 0.15) is 28.4 Å². The molecule has 0 spiro atoms. The van der Waals surface area contributed by atoms with Gasteiger partial charge in [0.1, 0.15) is 17.5 Å². The van der Waals surface area contributed by atoms with Gasteiger partial charge in [-0.25, -0.2) is 13.2 Å². The normalized spacial score (nSPS) is 10.8. The number of ketones is 1. The lowest BCUT2D eigenvalue weighted by Gasteiger charge is -2.08. The second kappa shape index (κ2) is 7.33. The Morgan fingerprint density at radius 3 is 2.32 bits per heavy atom. The average Bonchev–Trinajstić information content (AvgIpc) is 2.43. The van der Waals surface area contributed by atoms with Crippen LogP contribution >= 0.6 is 27.7 Å². The number of hydrogen-bond donors (Lipinski definition) is 0. The molecule has 0 aliphatic heterocycles. The smallest absolute Gasteiger partial charge is 0.200 e. The molecule has 2 aromatic rings. The Hall–Kier alpha value is -1.27. The third kappa shape index (κ3) is 3.73. The van der Waals surface area contributed by atoms with Crippen molar-refractivity contribution in [3.63, 3.8) is 0 Å². The molecule has 116 valence electrons. The van der Waals surface area contributed by atoms with E-state index in [2.05, 4.69) is 15.9 Å². The molecule has 2 aromatic carbocycles. The molecule has 0 heterocycles. The molecule has 0 fully saturated rings. The lowest BCUT2D eigenvalue weighted by atomic mass is 10.0. The van der Waals surface area contributed by atoms with Gasteiger partial charge < -0.3 is 0 Å². The monoisotopic (exact) mass is 388 g/mol. The molecule has 0 aliphatic rings. The zero-order valence-electron chi connectivity index (χ0n) is 11.6. The summed E-state index contributed by atoms with van der Waals surface area (Å²) in [5.74, 6) is -2.55. The summed E-state index contributed by atoms with van der Waals surface area (Å²) in [5.41, 5.74) is 0.378. The van der Waals surface area contributed by atoms with Crippen molar-refractivity contribution in [3.05, 3.63) is 68.9 Å². The Labute approximate surface area is 139 Å². The molecule has 0 saturated carbocycles. The first-order valence-electron chi connectivity index (χ1n) is 6.49. The maximum absolute atomic E-state index is 13.7. The third-order valence-electron chi connectivity index (χ3n) is 2.98. The van der Waals surface area contributed by atoms with Crippen LogP contribution in [0, 0.1) is 17.5 Å². The number of hydrogen-bond acceptors (Lipinski definition) is 2. The minimum atomic E-state index is -1.21. The van der Waals surface area contributed by atoms with E-state index in [-0.39, 0.29) is 5.56 Å². The SMILES string of the molecule is CCSCc1ccc(C(=O)c2c(F)cc(F)cc2F)c(Br)c1. The fourth-order valence-corrected chi connectivity index (χ4v) is 3.17. The van der Waals surface area contributed by atoms with Crippen molar-refractivity contribution >= 4 is 33.5 Å². The molecule has 0 saturated heterocycles. The fourth-order valence-electron chi connectivity index (χ4n) is 1.95. The quantitative estimate of drug-likeness (QED) is 0.642. The highest BCUT2D eigenvalue weighted by molar-refractivity contribution is 9.10. The van der Waals surface area contributed by atoms with E-state index in [9.17, 15) is 18.0 Å². The van der Waals surface area contributed by atoms with E-state index in [1.807, 2.05) is 6.92 Å². The lowest BCUT2D eigenvalue weighted by Crippen LogP contribution is -2.09. The molecule has 0 aliphatic carbocycles. The van der Waals surface area contributed by atoms with E-state index in [0.29, 0.717) is 16.6 Å². The van der Waals surface area contributed by atoms with Crippen molar-refractivity contribution < 1.29 is 18.0 Å². The van der Waals surface area contributed by atoms with Crippen LogP contribution in [-0.4, -0.2) is 11.5 Å². The van der Waals surface area contributed by atoms with Crippen molar-refractivity contribution in [2.24, 2.45) is 0 Å². The van der Waals surface area contributed by atoms with Gasteiger partial charge in [0, 0.05) is 27.9 Å². The van der Waals surface area contributed by atoms with Crippen LogP contribution in [0.2, 0.25) is 0 Å². The standard InChI is InChI=1S/C16H12BrF3OS/c1-2-22-8-9-3-4-11(12(17)5-9)16(21)15-13(19)6-10(18)7-14(15)20/h3-7H,2,8H2,1H3. The minimum absolute atomic E-state index is 0.134. The lowest BCUT2D eigenvalue weighted by molar-refractivity contribution is 0.103. The van der Waals surface area contributed by atoms with Crippen molar-refractivity contribution in [2.75, 3.05) is 5.75 Å². The Morgan fingerprint density at radius 2 is 1.77 bits per heavy atom. The molecule has 2 rings (SSSR count). The summed E-state index contributed by atoms with van der Waals surface area (Å²) in [7, 11) is 0. The molecule has 1 nitrogen and oxygen atoms in total. The van der Waals surface area contributed by atoms with Gasteiger partial charge >= 0.3 is 0 Å². The number of halogens is 4. The van der Waals surface area contributed by atoms with Gasteiger partial charge in [0.15, 0.2) is 5.78 Å². The minimum Gasteiger partial charge on any atom is -0.288 e. The van der Waals surface area contributed by atoms with Crippen LogP contribution in [0.4, 0.5) is 13.2 Å². The maximum Gasteiger partial charge on any atom is 0.200 e. The van der Waals surface area contributed by atoms with E-state index in [0.717, 1.165) is 17.1 Å². The van der Waals surface area contributed by atoms with Crippen LogP contribution in [-0.2, 0) is 5.75 Å². The fraction of sp³-hybridized carbons (Fsp3) is 0.188. The summed E-state index contributed by atoms with van der Waals surface area (Å²) in [6.07, 6.45) is 0. The van der Waals surface area contributed by atoms with E-state index in [1.165, 1.54) is 6.07 Å². The highest BCUT2D eigenvalue weighted by Gasteiger charge is 2.22. The van der Waals surface area contributed by atoms with Gasteiger partial charge in [0.25, 0.3) is 0 Å². The Kier molecular flexibility index (Phi) is 5.69. The topological polar surface area (TPSA) is 17.1 Å². The highest BCUT2D eigenvalue weighted by atomic mass is 79.9. The predicted octanol–water partition coefficient (Wildman–Crippen LogP) is 5.35. The van der Waals surface area contributed by atoms with Gasteiger partial charge in [-0.05, 0) is 23.4 Å². The van der Waals surface area contributed by atoms with E-state index in [1.54, 1.807) is 23.9 Å². The summed E-state index contributed by atoms with van der Waals surface area (Å²) in [6, 6.07) is 5.99. The molecule has 22 heavy (non-hydrogen) atoms. The summed E-state index contributed by atoms with van der Waals surface area (Å²) in [4.78, 5) is 12.3. The summed E-state index contributed by atoms with van der Waals surface area (Å²) >= 11 is 4.97. The molecule has 0 amide bonds. The Balaban J connectivity index is 2.38. The maximum atomic E-state index is 13.7. The average molecular weight is 389 g/mol. The van der Waals surface area contributed by atoms with Gasteiger partial charge in [0.2, 0.25) is 0 Å². The molecule has 0 aromatic heterocycles. The second-order valence-corrected chi connectivity index (χ2v) is 6.65. The highest BCUT2D eigenvalue weighted by Crippen LogP contribution is 2.26. The van der Waals surface area contributed by atoms with Crippen LogP contribution in [0.15, 0.2) is 34.8 Å². The first kappa shape index (κ1) is 17.1. The van der Waals surface area contributed by atoms with Crippen LogP contribution in [0.25, 0.3) is 0 Å². The first-order chi connectivity index (χ1) is 10.4. The number of carbonyl (C=O) groups is 1. The van der Waals surface area contributed by atoms with Crippen molar-refractivity contribution in [1.29, 1.82) is 0 Å². The molecular formula is C16H12BrF3OS. The van der Waals surface area contributed by atoms with Crippen molar-refractivity contribution in [1.82, 2.24) is 0 Å². The molecule has 0 atom stereocenters. The van der Waals surface area contributed by atoms with Gasteiger partial charge in [-0.3, -0.25) is 4.79 Å². The van der Waals surface area contributed by atoms with Crippen molar-refractivity contribution in [2.45, 2.75) is 12.7 Å². The van der Waals surface area contributed by atoms with E-state index >= 15 is 0 Å². The molecule has 6 heteroatoms. The van der Waals surface area contributed by atoms with Gasteiger partial charge in [-0.2, -0.15) is 11.8 Å². The summed E-state index contributed by atoms with van der Waals surface area (Å²) < 4.78 is 40.8. The summed E-state index contributed by atoms with van der Waals surface area (Å²) in [6.45, 7) is 2.04. The Bertz CT molecular complexity index is 696. The van der Waals surface area contributed by atoms with Crippen LogP contribution < -0.4 is 0 Å². The second-order valence-electron chi connectivity index (χ2n) is 4.52. The van der Waals surface area contributed by atoms with E-state index in [4.69, 9.17) is 0 Å². The largest absolute Gasteiger partial charge is 0.288 e. The van der Waals surface area contributed by atoms with Crippen LogP contribution in [0.5, 0.6) is 0 Å². The Morgan fingerprint density at radius 1 is 1.14 bits per heavy atom. The third-order valence-corrected chi connectivity index (χ3v) is 4.59. The predicted molar refractivity (Wildman–Crippen MR) is 85.7 cm³/mol. The van der Waals surface area contributed by atoms with Crippen molar-refractivity contribution in [3.8, 4) is 0 Å². The zero-order chi connectivity index (χ0) is 16.3.